The van der Waals surface area contributed by atoms with Gasteiger partial charge in [-0.1, -0.05) is 12.8 Å². The normalized spacial score (nSPS) is 17.1. The van der Waals surface area contributed by atoms with Crippen LogP contribution in [0.3, 0.4) is 0 Å². The predicted molar refractivity (Wildman–Crippen MR) is 146 cm³/mol. The van der Waals surface area contributed by atoms with Gasteiger partial charge in [-0.05, 0) is 37.1 Å². The second-order valence-corrected chi connectivity index (χ2v) is 10.4. The number of amides is 2. The highest BCUT2D eigenvalue weighted by Crippen LogP contribution is 2.31. The third-order valence-electron chi connectivity index (χ3n) is 7.30. The van der Waals surface area contributed by atoms with Crippen molar-refractivity contribution < 1.29 is 23.1 Å². The molecule has 4 heterocycles. The number of halogens is 2. The molecule has 0 aliphatic carbocycles. The van der Waals surface area contributed by atoms with Gasteiger partial charge in [0.1, 0.15) is 17.3 Å². The van der Waals surface area contributed by atoms with E-state index in [2.05, 4.69) is 24.9 Å². The summed E-state index contributed by atoms with van der Waals surface area (Å²) >= 11 is 0. The molecule has 1 N–H and O–H groups in total. The average Bonchev–Trinajstić information content (AvgIpc) is 3.09. The molecule has 2 amide bonds. The number of carbonyl (C=O) groups is 2. The van der Waals surface area contributed by atoms with Gasteiger partial charge in [0.05, 0.1) is 19.3 Å². The molecule has 5 rings (SSSR count). The molecule has 2 aliphatic rings. The highest BCUT2D eigenvalue weighted by atomic mass is 19.3. The molecule has 0 spiro atoms. The molecular weight excluding hydrogens is 520 g/mol. The van der Waals surface area contributed by atoms with E-state index in [-0.39, 0.29) is 24.1 Å². The van der Waals surface area contributed by atoms with Crippen LogP contribution >= 0.6 is 0 Å². The summed E-state index contributed by atoms with van der Waals surface area (Å²) < 4.78 is 32.9. The first-order chi connectivity index (χ1) is 19.3. The minimum atomic E-state index is -3.28. The molecule has 0 saturated carbocycles. The Balaban J connectivity index is 1.20. The molecule has 1 aromatic carbocycles. The maximum atomic E-state index is 13.2. The zero-order chi connectivity index (χ0) is 28.1. The Bertz CT molecular complexity index is 1310. The van der Waals surface area contributed by atoms with Crippen LogP contribution < -0.4 is 10.1 Å². The first-order valence-corrected chi connectivity index (χ1v) is 13.8. The SMILES string of the molecule is CC(F)(F)Oc1ccc(-c2nc3cnccn3c2NCC(=O)N2CCN(CC(=O)N3CCCCCC3)CC2)cc1. The smallest absolute Gasteiger partial charge is 0.394 e. The van der Waals surface area contributed by atoms with E-state index in [0.717, 1.165) is 25.9 Å². The number of fused-ring (bicyclic) bond motifs is 1. The highest BCUT2D eigenvalue weighted by Gasteiger charge is 2.26. The van der Waals surface area contributed by atoms with Gasteiger partial charge in [0, 0.05) is 64.1 Å². The second kappa shape index (κ2) is 12.2. The third kappa shape index (κ3) is 6.85. The van der Waals surface area contributed by atoms with Crippen molar-refractivity contribution in [1.82, 2.24) is 29.1 Å². The summed E-state index contributed by atoms with van der Waals surface area (Å²) in [5.41, 5.74) is 1.82. The van der Waals surface area contributed by atoms with Crippen molar-refractivity contribution in [2.75, 3.05) is 57.7 Å². The number of carbonyl (C=O) groups excluding carboxylic acids is 2. The molecule has 2 aromatic heterocycles. The van der Waals surface area contributed by atoms with Gasteiger partial charge in [-0.25, -0.2) is 4.98 Å². The fourth-order valence-electron chi connectivity index (χ4n) is 5.20. The molecular formula is C28H35F2N7O3. The van der Waals surface area contributed by atoms with Gasteiger partial charge < -0.3 is 19.9 Å². The summed E-state index contributed by atoms with van der Waals surface area (Å²) in [7, 11) is 0. The number of hydrogen-bond donors (Lipinski definition) is 1. The van der Waals surface area contributed by atoms with Crippen LogP contribution in [0.15, 0.2) is 42.9 Å². The maximum Gasteiger partial charge on any atom is 0.394 e. The van der Waals surface area contributed by atoms with Crippen LogP contribution in [-0.2, 0) is 9.59 Å². The quantitative estimate of drug-likeness (QED) is 0.456. The van der Waals surface area contributed by atoms with Gasteiger partial charge in [-0.15, -0.1) is 0 Å². The number of aromatic nitrogens is 3. The van der Waals surface area contributed by atoms with Crippen molar-refractivity contribution in [3.05, 3.63) is 42.9 Å². The van der Waals surface area contributed by atoms with E-state index in [4.69, 9.17) is 0 Å². The first-order valence-electron chi connectivity index (χ1n) is 13.8. The third-order valence-corrected chi connectivity index (χ3v) is 7.30. The number of nitrogens with zero attached hydrogens (tertiary/aromatic N) is 6. The summed E-state index contributed by atoms with van der Waals surface area (Å²) in [5, 5.41) is 3.23. The Morgan fingerprint density at radius 1 is 0.950 bits per heavy atom. The van der Waals surface area contributed by atoms with Gasteiger partial charge in [0.2, 0.25) is 11.8 Å². The Kier molecular flexibility index (Phi) is 8.43. The van der Waals surface area contributed by atoms with Crippen molar-refractivity contribution in [3.8, 4) is 17.0 Å². The number of anilines is 1. The standard InChI is InChI=1S/C28H35F2N7O3/c1-28(29,30)40-22-8-6-21(7-9-22)26-27(37-13-10-31-18-23(37)33-26)32-19-24(38)36-16-14-34(15-17-36)20-25(39)35-11-4-2-3-5-12-35/h6-10,13,18,32H,2-5,11-12,14-17,19-20H2,1H3. The van der Waals surface area contributed by atoms with E-state index >= 15 is 0 Å². The highest BCUT2D eigenvalue weighted by molar-refractivity contribution is 5.84. The minimum Gasteiger partial charge on any atom is -0.433 e. The number of rotatable bonds is 8. The summed E-state index contributed by atoms with van der Waals surface area (Å²) in [5.74, 6) is 0.768. The van der Waals surface area contributed by atoms with E-state index in [9.17, 15) is 18.4 Å². The average molecular weight is 556 g/mol. The monoisotopic (exact) mass is 555 g/mol. The van der Waals surface area contributed by atoms with Gasteiger partial charge >= 0.3 is 6.11 Å². The lowest BCUT2D eigenvalue weighted by Gasteiger charge is -2.35. The maximum absolute atomic E-state index is 13.2. The lowest BCUT2D eigenvalue weighted by atomic mass is 10.1. The van der Waals surface area contributed by atoms with Gasteiger partial charge in [0.15, 0.2) is 5.65 Å². The van der Waals surface area contributed by atoms with Crippen molar-refractivity contribution in [3.63, 3.8) is 0 Å². The number of likely N-dealkylation sites (tertiary alicyclic amines) is 1. The summed E-state index contributed by atoms with van der Waals surface area (Å²) in [6.45, 7) is 5.26. The number of hydrogen-bond acceptors (Lipinski definition) is 7. The Hall–Kier alpha value is -3.80. The fraction of sp³-hybridized carbons (Fsp3) is 0.500. The number of imidazole rings is 1. The molecule has 10 nitrogen and oxygen atoms in total. The molecule has 214 valence electrons. The number of piperazine rings is 1. The number of ether oxygens (including phenoxy) is 1. The zero-order valence-electron chi connectivity index (χ0n) is 22.7. The minimum absolute atomic E-state index is 0.0404. The molecule has 2 fully saturated rings. The van der Waals surface area contributed by atoms with Crippen LogP contribution in [0, 0.1) is 0 Å². The number of nitrogens with one attached hydrogen (secondary N) is 1. The van der Waals surface area contributed by atoms with E-state index in [0.29, 0.717) is 62.4 Å². The molecule has 0 atom stereocenters. The molecule has 2 aliphatic heterocycles. The van der Waals surface area contributed by atoms with Crippen molar-refractivity contribution in [2.45, 2.75) is 38.7 Å². The van der Waals surface area contributed by atoms with Crippen LogP contribution in [0.5, 0.6) is 5.75 Å². The Morgan fingerprint density at radius 3 is 2.30 bits per heavy atom. The molecule has 2 saturated heterocycles. The van der Waals surface area contributed by atoms with Crippen molar-refractivity contribution in [1.29, 1.82) is 0 Å². The second-order valence-electron chi connectivity index (χ2n) is 10.4. The van der Waals surface area contributed by atoms with E-state index in [1.54, 1.807) is 40.0 Å². The van der Waals surface area contributed by atoms with Crippen LogP contribution in [0.25, 0.3) is 16.9 Å². The lowest BCUT2D eigenvalue weighted by Crippen LogP contribution is -2.52. The first kappa shape index (κ1) is 27.8. The molecule has 0 radical (unpaired) electrons. The number of alkyl halides is 2. The fourth-order valence-corrected chi connectivity index (χ4v) is 5.20. The van der Waals surface area contributed by atoms with E-state index < -0.39 is 6.11 Å². The van der Waals surface area contributed by atoms with Gasteiger partial charge in [-0.3, -0.25) is 23.9 Å². The van der Waals surface area contributed by atoms with E-state index in [1.807, 2.05) is 4.90 Å². The topological polar surface area (TPSA) is 95.3 Å². The summed E-state index contributed by atoms with van der Waals surface area (Å²) in [4.78, 5) is 40.5. The summed E-state index contributed by atoms with van der Waals surface area (Å²) in [6, 6.07) is 6.22. The molecule has 40 heavy (non-hydrogen) atoms. The van der Waals surface area contributed by atoms with Crippen molar-refractivity contribution in [2.24, 2.45) is 0 Å². The Labute approximate surface area is 231 Å². The van der Waals surface area contributed by atoms with Gasteiger partial charge in [-0.2, -0.15) is 8.78 Å². The summed E-state index contributed by atoms with van der Waals surface area (Å²) in [6.07, 6.45) is 6.22. The predicted octanol–water partition coefficient (Wildman–Crippen LogP) is 3.35. The zero-order valence-corrected chi connectivity index (χ0v) is 22.7. The van der Waals surface area contributed by atoms with Gasteiger partial charge in [0.25, 0.3) is 0 Å². The van der Waals surface area contributed by atoms with Crippen LogP contribution in [0.2, 0.25) is 0 Å². The van der Waals surface area contributed by atoms with Crippen molar-refractivity contribution >= 4 is 23.3 Å². The molecule has 12 heteroatoms. The Morgan fingerprint density at radius 2 is 1.62 bits per heavy atom. The van der Waals surface area contributed by atoms with E-state index in [1.165, 1.54) is 25.0 Å². The number of benzene rings is 1. The van der Waals surface area contributed by atoms with Crippen LogP contribution in [0.1, 0.15) is 32.6 Å². The molecule has 0 unspecified atom stereocenters. The van der Waals surface area contributed by atoms with Crippen LogP contribution in [-0.4, -0.2) is 99.3 Å². The molecule has 3 aromatic rings. The van der Waals surface area contributed by atoms with Crippen LogP contribution in [0.4, 0.5) is 14.6 Å². The largest absolute Gasteiger partial charge is 0.433 e. The molecule has 0 bridgehead atoms. The lowest BCUT2D eigenvalue weighted by molar-refractivity contribution is -0.159.